The Kier molecular flexibility index (Phi) is 5.27. The predicted molar refractivity (Wildman–Crippen MR) is 96.6 cm³/mol. The van der Waals surface area contributed by atoms with Crippen LogP contribution < -0.4 is 4.72 Å². The molecule has 1 saturated carbocycles. The summed E-state index contributed by atoms with van der Waals surface area (Å²) in [5.74, 6) is -0.220. The van der Waals surface area contributed by atoms with E-state index in [2.05, 4.69) is 9.82 Å². The Morgan fingerprint density at radius 1 is 1.38 bits per heavy atom. The minimum Gasteiger partial charge on any atom is -0.392 e. The van der Waals surface area contributed by atoms with Crippen molar-refractivity contribution in [3.63, 3.8) is 0 Å². The number of hydrogen-bond acceptors (Lipinski definition) is 5. The summed E-state index contributed by atoms with van der Waals surface area (Å²) in [5, 5.41) is 13.6. The summed E-state index contributed by atoms with van der Waals surface area (Å²) < 4.78 is 29.2. The molecule has 2 N–H and O–H groups in total. The van der Waals surface area contributed by atoms with Gasteiger partial charge in [0.05, 0.1) is 17.0 Å². The van der Waals surface area contributed by atoms with Gasteiger partial charge in [-0.15, -0.1) is 0 Å². The van der Waals surface area contributed by atoms with Crippen LogP contribution in [0.1, 0.15) is 47.4 Å². The number of benzene rings is 1. The molecule has 1 aliphatic carbocycles. The lowest BCUT2D eigenvalue weighted by molar-refractivity contribution is 0.0986. The molecule has 0 bridgehead atoms. The molecule has 1 aliphatic rings. The minimum atomic E-state index is -3.82. The molecule has 8 heteroatoms. The summed E-state index contributed by atoms with van der Waals surface area (Å²) in [5.41, 5.74) is 1.64. The Hall–Kier alpha value is -2.03. The van der Waals surface area contributed by atoms with Crippen molar-refractivity contribution in [2.45, 2.75) is 50.2 Å². The topological polar surface area (TPSA) is 101 Å². The lowest BCUT2D eigenvalue weighted by Crippen LogP contribution is -2.31. The number of aryl methyl sites for hydroxylation is 1. The van der Waals surface area contributed by atoms with Crippen molar-refractivity contribution in [2.24, 2.45) is 0 Å². The number of sulfonamides is 1. The van der Waals surface area contributed by atoms with Crippen molar-refractivity contribution in [3.05, 3.63) is 47.3 Å². The first-order valence-electron chi connectivity index (χ1n) is 8.62. The molecule has 1 heterocycles. The molecular formula is C18H23N3O4S. The number of nitrogens with zero attached hydrogens (tertiary/aromatic N) is 2. The Bertz CT molecular complexity index is 914. The predicted octanol–water partition coefficient (Wildman–Crippen LogP) is 1.61. The van der Waals surface area contributed by atoms with E-state index in [-0.39, 0.29) is 23.6 Å². The summed E-state index contributed by atoms with van der Waals surface area (Å²) in [6, 6.07) is 6.94. The second-order valence-electron chi connectivity index (χ2n) is 6.82. The third-order valence-corrected chi connectivity index (χ3v) is 5.76. The van der Waals surface area contributed by atoms with E-state index >= 15 is 0 Å². The van der Waals surface area contributed by atoms with Gasteiger partial charge in [-0.25, -0.2) is 13.1 Å². The maximum absolute atomic E-state index is 12.6. The van der Waals surface area contributed by atoms with Crippen LogP contribution in [0.25, 0.3) is 0 Å². The molecule has 1 fully saturated rings. The van der Waals surface area contributed by atoms with Gasteiger partial charge in [-0.3, -0.25) is 9.48 Å². The van der Waals surface area contributed by atoms with Gasteiger partial charge in [0.2, 0.25) is 10.0 Å². The van der Waals surface area contributed by atoms with Crippen LogP contribution in [0.3, 0.4) is 0 Å². The van der Waals surface area contributed by atoms with Crippen molar-refractivity contribution < 1.29 is 18.3 Å². The molecule has 7 nitrogen and oxygen atoms in total. The molecule has 1 aromatic carbocycles. The summed E-state index contributed by atoms with van der Waals surface area (Å²) in [6.45, 7) is 3.25. The van der Waals surface area contributed by atoms with Crippen LogP contribution in [0, 0.1) is 6.92 Å². The van der Waals surface area contributed by atoms with E-state index in [1.165, 1.54) is 13.0 Å². The van der Waals surface area contributed by atoms with E-state index in [0.717, 1.165) is 18.4 Å². The molecule has 140 valence electrons. The van der Waals surface area contributed by atoms with Crippen molar-refractivity contribution in [1.29, 1.82) is 0 Å². The Morgan fingerprint density at radius 2 is 2.12 bits per heavy atom. The lowest BCUT2D eigenvalue weighted by atomic mass is 10.0. The largest absolute Gasteiger partial charge is 0.392 e. The number of aromatic nitrogens is 2. The van der Waals surface area contributed by atoms with Crippen molar-refractivity contribution in [3.8, 4) is 0 Å². The lowest BCUT2D eigenvalue weighted by Gasteiger charge is -2.13. The number of carbonyl (C=O) groups excluding carboxylic acids is 1. The Balaban J connectivity index is 1.84. The van der Waals surface area contributed by atoms with Crippen molar-refractivity contribution in [2.75, 3.05) is 6.54 Å². The number of aliphatic hydroxyl groups is 1. The normalized spacial score (nSPS) is 15.8. The van der Waals surface area contributed by atoms with Crippen molar-refractivity contribution >= 4 is 15.8 Å². The van der Waals surface area contributed by atoms with Gasteiger partial charge < -0.3 is 5.11 Å². The highest BCUT2D eigenvalue weighted by Gasteiger charge is 2.26. The third kappa shape index (κ3) is 4.38. The van der Waals surface area contributed by atoms with E-state index in [4.69, 9.17) is 0 Å². The number of hydrogen-bond donors (Lipinski definition) is 2. The highest BCUT2D eigenvalue weighted by molar-refractivity contribution is 7.89. The molecular weight excluding hydrogens is 354 g/mol. The zero-order chi connectivity index (χ0) is 18.9. The molecule has 3 rings (SSSR count). The fraction of sp³-hybridized carbons (Fsp3) is 0.444. The SMILES string of the molecule is Cc1ccc(S(=O)(=O)NC[C@@H](C)O)c(CC(=O)c2ccn(C3CC3)n2)c1. The average Bonchev–Trinajstić information content (AvgIpc) is 3.30. The number of nitrogens with one attached hydrogen (secondary N) is 1. The number of rotatable bonds is 8. The summed E-state index contributed by atoms with van der Waals surface area (Å²) in [6.07, 6.45) is 3.10. The van der Waals surface area contributed by atoms with E-state index in [1.54, 1.807) is 29.1 Å². The molecule has 0 radical (unpaired) electrons. The van der Waals surface area contributed by atoms with Gasteiger partial charge >= 0.3 is 0 Å². The minimum absolute atomic E-state index is 0.0473. The van der Waals surface area contributed by atoms with Gasteiger partial charge in [-0.05, 0) is 44.4 Å². The molecule has 26 heavy (non-hydrogen) atoms. The number of aliphatic hydroxyl groups excluding tert-OH is 1. The molecule has 0 saturated heterocycles. The van der Waals surface area contributed by atoms with Crippen molar-refractivity contribution in [1.82, 2.24) is 14.5 Å². The fourth-order valence-corrected chi connectivity index (χ4v) is 4.05. The first-order valence-corrected chi connectivity index (χ1v) is 10.1. The number of carbonyl (C=O) groups is 1. The molecule has 2 aromatic rings. The quantitative estimate of drug-likeness (QED) is 0.681. The second kappa shape index (κ2) is 7.30. The zero-order valence-electron chi connectivity index (χ0n) is 14.8. The summed E-state index contributed by atoms with van der Waals surface area (Å²) in [4.78, 5) is 12.7. The van der Waals surface area contributed by atoms with E-state index < -0.39 is 16.1 Å². The number of ketones is 1. The second-order valence-corrected chi connectivity index (χ2v) is 8.56. The van der Waals surface area contributed by atoms with Crippen LogP contribution in [-0.2, 0) is 16.4 Å². The maximum atomic E-state index is 12.6. The average molecular weight is 377 g/mol. The summed E-state index contributed by atoms with van der Waals surface area (Å²) in [7, 11) is -3.82. The van der Waals surface area contributed by atoms with Gasteiger partial charge in [0.15, 0.2) is 5.78 Å². The molecule has 1 aromatic heterocycles. The van der Waals surface area contributed by atoms with Gasteiger partial charge in [-0.1, -0.05) is 17.7 Å². The van der Waals surface area contributed by atoms with E-state index in [0.29, 0.717) is 17.3 Å². The van der Waals surface area contributed by atoms with E-state index in [9.17, 15) is 18.3 Å². The van der Waals surface area contributed by atoms with Crippen LogP contribution in [0.4, 0.5) is 0 Å². The van der Waals surface area contributed by atoms with Gasteiger partial charge in [0, 0.05) is 19.2 Å². The fourth-order valence-electron chi connectivity index (χ4n) is 2.71. The first kappa shape index (κ1) is 18.8. The molecule has 0 unspecified atom stereocenters. The van der Waals surface area contributed by atoms with Gasteiger partial charge in [-0.2, -0.15) is 5.10 Å². The molecule has 1 atom stereocenters. The van der Waals surface area contributed by atoms with Crippen LogP contribution in [0.5, 0.6) is 0 Å². The van der Waals surface area contributed by atoms with Crippen LogP contribution in [0.2, 0.25) is 0 Å². The highest BCUT2D eigenvalue weighted by Crippen LogP contribution is 2.34. The van der Waals surface area contributed by atoms with Crippen LogP contribution in [0.15, 0.2) is 35.4 Å². The van der Waals surface area contributed by atoms with Gasteiger partial charge in [0.1, 0.15) is 5.69 Å². The van der Waals surface area contributed by atoms with E-state index in [1.807, 2.05) is 6.92 Å². The zero-order valence-corrected chi connectivity index (χ0v) is 15.7. The standard InChI is InChI=1S/C18H23N3O4S/c1-12-3-6-18(26(24,25)19-11-13(2)22)14(9-12)10-17(23)16-7-8-21(20-16)15-4-5-15/h3,6-9,13,15,19,22H,4-5,10-11H2,1-2H3/t13-/m1/s1. The summed E-state index contributed by atoms with van der Waals surface area (Å²) >= 11 is 0. The Morgan fingerprint density at radius 3 is 2.77 bits per heavy atom. The molecule has 0 spiro atoms. The smallest absolute Gasteiger partial charge is 0.240 e. The monoisotopic (exact) mass is 377 g/mol. The van der Waals surface area contributed by atoms with Gasteiger partial charge in [0.25, 0.3) is 0 Å². The molecule has 0 aliphatic heterocycles. The van der Waals surface area contributed by atoms with Crippen LogP contribution >= 0.6 is 0 Å². The Labute approximate surface area is 153 Å². The maximum Gasteiger partial charge on any atom is 0.240 e. The third-order valence-electron chi connectivity index (χ3n) is 4.24. The first-order chi connectivity index (χ1) is 12.3. The highest BCUT2D eigenvalue weighted by atomic mass is 32.2. The van der Waals surface area contributed by atoms with Crippen LogP contribution in [-0.4, -0.2) is 41.7 Å². The molecule has 0 amide bonds. The number of Topliss-reactive ketones (excluding diaryl/α,β-unsaturated/α-hetero) is 1.